The molecule has 0 amide bonds. The summed E-state index contributed by atoms with van der Waals surface area (Å²) in [7, 11) is 2.01. The number of rotatable bonds is 7. The van der Waals surface area contributed by atoms with Crippen molar-refractivity contribution in [3.05, 3.63) is 12.7 Å². The fraction of sp³-hybridized carbons (Fsp3) is 0.667. The Kier molecular flexibility index (Phi) is 5.04. The van der Waals surface area contributed by atoms with Gasteiger partial charge >= 0.3 is 0 Å². The summed E-state index contributed by atoms with van der Waals surface area (Å²) in [6.45, 7) is 5.28. The van der Waals surface area contributed by atoms with Crippen molar-refractivity contribution in [2.24, 2.45) is 0 Å². The maximum absolute atomic E-state index is 10.5. The van der Waals surface area contributed by atoms with Crippen molar-refractivity contribution >= 4 is 23.3 Å². The summed E-state index contributed by atoms with van der Waals surface area (Å²) in [6.07, 6.45) is 4.25. The summed E-state index contributed by atoms with van der Waals surface area (Å²) < 4.78 is 20.5. The fourth-order valence-electron chi connectivity index (χ4n) is 3.93. The minimum Gasteiger partial charge on any atom is -0.382 e. The number of carbonyl (C=O) groups excluding carboxylic acids is 1. The molecule has 28 heavy (non-hydrogen) atoms. The van der Waals surface area contributed by atoms with Crippen molar-refractivity contribution in [3.63, 3.8) is 0 Å². The predicted octanol–water partition coefficient (Wildman–Crippen LogP) is 0.737. The van der Waals surface area contributed by atoms with Gasteiger partial charge in [-0.15, -0.1) is 0 Å². The van der Waals surface area contributed by atoms with Crippen molar-refractivity contribution in [1.82, 2.24) is 24.4 Å². The first kappa shape index (κ1) is 19.2. The molecule has 4 rings (SSSR count). The maximum Gasteiger partial charge on any atom is 0.167 e. The SMILES string of the molecule is CN(CCCC=O)CC1OC(n2cnc3c(N)ncnc32)[C@@H]2OC(C)(C)O[C@H]12. The van der Waals surface area contributed by atoms with Crippen LogP contribution < -0.4 is 5.73 Å². The second kappa shape index (κ2) is 7.36. The topological polar surface area (TPSA) is 118 Å². The lowest BCUT2D eigenvalue weighted by molar-refractivity contribution is -0.197. The number of anilines is 1. The van der Waals surface area contributed by atoms with Gasteiger partial charge in [-0.3, -0.25) is 4.57 Å². The average molecular weight is 390 g/mol. The Morgan fingerprint density at radius 2 is 2.07 bits per heavy atom. The van der Waals surface area contributed by atoms with E-state index in [2.05, 4.69) is 19.9 Å². The number of nitrogens with two attached hydrogens (primary N) is 1. The molecule has 2 aromatic heterocycles. The zero-order valence-corrected chi connectivity index (χ0v) is 16.3. The molecule has 10 heteroatoms. The standard InChI is InChI=1S/C18H26N6O4/c1-18(2)27-13-11(8-23(3)6-4-5-7-25)26-17(14(13)28-18)24-10-22-12-15(19)20-9-21-16(12)24/h7,9-11,13-14,17H,4-6,8H2,1-3H3,(H2,19,20,21)/t11?,13-,14-,17?/m1/s1. The molecule has 0 aliphatic carbocycles. The number of likely N-dealkylation sites (N-methyl/N-ethyl adjacent to an activating group) is 1. The molecular weight excluding hydrogens is 364 g/mol. The molecular formula is C18H26N6O4. The van der Waals surface area contributed by atoms with Crippen LogP contribution in [-0.2, 0) is 19.0 Å². The lowest BCUT2D eigenvalue weighted by atomic mass is 10.1. The van der Waals surface area contributed by atoms with Crippen molar-refractivity contribution < 1.29 is 19.0 Å². The van der Waals surface area contributed by atoms with E-state index in [9.17, 15) is 4.79 Å². The van der Waals surface area contributed by atoms with E-state index in [-0.39, 0.29) is 18.3 Å². The molecule has 2 aromatic rings. The van der Waals surface area contributed by atoms with E-state index >= 15 is 0 Å². The second-order valence-electron chi connectivity index (χ2n) is 7.78. The monoisotopic (exact) mass is 390 g/mol. The molecule has 0 saturated carbocycles. The number of aromatic nitrogens is 4. The molecule has 2 aliphatic heterocycles. The van der Waals surface area contributed by atoms with Crippen LogP contribution in [0.2, 0.25) is 0 Å². The van der Waals surface area contributed by atoms with Gasteiger partial charge in [-0.25, -0.2) is 15.0 Å². The number of aldehydes is 1. The van der Waals surface area contributed by atoms with Crippen LogP contribution >= 0.6 is 0 Å². The number of ether oxygens (including phenoxy) is 3. The van der Waals surface area contributed by atoms with Crippen LogP contribution in [0, 0.1) is 0 Å². The lowest BCUT2D eigenvalue weighted by Crippen LogP contribution is -2.38. The van der Waals surface area contributed by atoms with Crippen molar-refractivity contribution in [2.45, 2.75) is 57.0 Å². The Labute approximate surface area is 163 Å². The summed E-state index contributed by atoms with van der Waals surface area (Å²) in [4.78, 5) is 25.4. The normalized spacial score (nSPS) is 28.9. The number of nitrogen functional groups attached to an aromatic ring is 1. The Morgan fingerprint density at radius 1 is 1.29 bits per heavy atom. The van der Waals surface area contributed by atoms with Gasteiger partial charge < -0.3 is 29.6 Å². The Morgan fingerprint density at radius 3 is 2.86 bits per heavy atom. The number of nitrogens with zero attached hydrogens (tertiary/aromatic N) is 5. The summed E-state index contributed by atoms with van der Waals surface area (Å²) in [5, 5.41) is 0. The van der Waals surface area contributed by atoms with Gasteiger partial charge in [-0.1, -0.05) is 0 Å². The molecule has 4 atom stereocenters. The van der Waals surface area contributed by atoms with Gasteiger partial charge in [0.2, 0.25) is 0 Å². The maximum atomic E-state index is 10.5. The molecule has 2 aliphatic rings. The summed E-state index contributed by atoms with van der Waals surface area (Å²) in [6, 6.07) is 0. The van der Waals surface area contributed by atoms with Crippen molar-refractivity contribution in [2.75, 3.05) is 25.9 Å². The molecule has 0 radical (unpaired) electrons. The van der Waals surface area contributed by atoms with Crippen molar-refractivity contribution in [1.29, 1.82) is 0 Å². The van der Waals surface area contributed by atoms with E-state index in [4.69, 9.17) is 19.9 Å². The average Bonchev–Trinajstić information content (AvgIpc) is 3.28. The Hall–Kier alpha value is -2.14. The van der Waals surface area contributed by atoms with Crippen LogP contribution in [0.1, 0.15) is 32.9 Å². The first-order valence-corrected chi connectivity index (χ1v) is 9.46. The van der Waals surface area contributed by atoms with E-state index in [0.29, 0.717) is 29.9 Å². The molecule has 2 saturated heterocycles. The highest BCUT2D eigenvalue weighted by Crippen LogP contribution is 2.43. The van der Waals surface area contributed by atoms with E-state index in [1.54, 1.807) is 6.33 Å². The van der Waals surface area contributed by atoms with Crippen LogP contribution in [0.5, 0.6) is 0 Å². The number of carbonyl (C=O) groups is 1. The summed E-state index contributed by atoms with van der Waals surface area (Å²) in [5.74, 6) is -0.371. The van der Waals surface area contributed by atoms with Crippen LogP contribution in [0.4, 0.5) is 5.82 Å². The zero-order valence-electron chi connectivity index (χ0n) is 16.3. The first-order valence-electron chi connectivity index (χ1n) is 9.46. The minimum absolute atomic E-state index is 0.186. The van der Waals surface area contributed by atoms with Gasteiger partial charge in [0.15, 0.2) is 23.5 Å². The highest BCUT2D eigenvalue weighted by Gasteiger charge is 2.56. The number of unbranched alkanes of at least 4 members (excludes halogenated alkanes) is 1. The molecule has 0 spiro atoms. The smallest absolute Gasteiger partial charge is 0.167 e. The molecule has 0 aromatic carbocycles. The van der Waals surface area contributed by atoms with Crippen LogP contribution in [0.3, 0.4) is 0 Å². The zero-order chi connectivity index (χ0) is 19.9. The van der Waals surface area contributed by atoms with Crippen LogP contribution in [-0.4, -0.2) is 74.9 Å². The van der Waals surface area contributed by atoms with Crippen LogP contribution in [0.25, 0.3) is 11.2 Å². The number of fused-ring (bicyclic) bond motifs is 2. The minimum atomic E-state index is -0.698. The second-order valence-corrected chi connectivity index (χ2v) is 7.78. The summed E-state index contributed by atoms with van der Waals surface area (Å²) in [5.41, 5.74) is 7.05. The molecule has 10 nitrogen and oxygen atoms in total. The fourth-order valence-corrected chi connectivity index (χ4v) is 3.93. The van der Waals surface area contributed by atoms with E-state index < -0.39 is 12.0 Å². The van der Waals surface area contributed by atoms with Gasteiger partial charge in [0.05, 0.1) is 6.33 Å². The highest BCUT2D eigenvalue weighted by molar-refractivity contribution is 5.81. The van der Waals surface area contributed by atoms with Gasteiger partial charge in [-0.2, -0.15) is 0 Å². The third kappa shape index (κ3) is 3.48. The van der Waals surface area contributed by atoms with Crippen molar-refractivity contribution in [3.8, 4) is 0 Å². The molecule has 2 fully saturated rings. The highest BCUT2D eigenvalue weighted by atomic mass is 16.8. The lowest BCUT2D eigenvalue weighted by Gasteiger charge is -2.27. The number of hydrogen-bond acceptors (Lipinski definition) is 9. The molecule has 4 heterocycles. The Bertz CT molecular complexity index is 856. The number of imidazole rings is 1. The summed E-state index contributed by atoms with van der Waals surface area (Å²) >= 11 is 0. The van der Waals surface area contributed by atoms with E-state index in [1.165, 1.54) is 6.33 Å². The molecule has 0 bridgehead atoms. The Balaban J connectivity index is 1.58. The van der Waals surface area contributed by atoms with Gasteiger partial charge in [0, 0.05) is 13.0 Å². The molecule has 2 unspecified atom stereocenters. The largest absolute Gasteiger partial charge is 0.382 e. The third-order valence-electron chi connectivity index (χ3n) is 5.14. The van der Waals surface area contributed by atoms with Gasteiger partial charge in [0.25, 0.3) is 0 Å². The third-order valence-corrected chi connectivity index (χ3v) is 5.14. The van der Waals surface area contributed by atoms with E-state index in [1.807, 2.05) is 25.5 Å². The van der Waals surface area contributed by atoms with Crippen LogP contribution in [0.15, 0.2) is 12.7 Å². The molecule has 2 N–H and O–H groups in total. The van der Waals surface area contributed by atoms with E-state index in [0.717, 1.165) is 19.3 Å². The number of hydrogen-bond donors (Lipinski definition) is 1. The first-order chi connectivity index (χ1) is 13.4. The predicted molar refractivity (Wildman–Crippen MR) is 100 cm³/mol. The quantitative estimate of drug-likeness (QED) is 0.539. The molecule has 152 valence electrons. The van der Waals surface area contributed by atoms with Gasteiger partial charge in [-0.05, 0) is 33.9 Å². The van der Waals surface area contributed by atoms with Gasteiger partial charge in [0.1, 0.15) is 36.4 Å².